The molecule has 1 aliphatic rings. The molecule has 1 heterocycles. The Labute approximate surface area is 185 Å². The highest BCUT2D eigenvalue weighted by atomic mass is 16.5. The molecule has 2 aromatic rings. The van der Waals surface area contributed by atoms with Gasteiger partial charge in [0.25, 0.3) is 5.91 Å². The van der Waals surface area contributed by atoms with Crippen LogP contribution in [0.15, 0.2) is 48.5 Å². The Kier molecular flexibility index (Phi) is 7.93. The Bertz CT molecular complexity index is 874. The maximum Gasteiger partial charge on any atom is 0.262 e. The van der Waals surface area contributed by atoms with Crippen LogP contribution in [0, 0.1) is 0 Å². The van der Waals surface area contributed by atoms with Crippen molar-refractivity contribution in [3.63, 3.8) is 0 Å². The summed E-state index contributed by atoms with van der Waals surface area (Å²) in [6.45, 7) is 9.10. The zero-order valence-electron chi connectivity index (χ0n) is 18.8. The highest BCUT2D eigenvalue weighted by Crippen LogP contribution is 2.27. The molecule has 0 aromatic heterocycles. The predicted molar refractivity (Wildman–Crippen MR) is 125 cm³/mol. The van der Waals surface area contributed by atoms with E-state index in [2.05, 4.69) is 36.2 Å². The maximum atomic E-state index is 12.5. The van der Waals surface area contributed by atoms with Gasteiger partial charge in [0.15, 0.2) is 6.61 Å². The molecule has 2 amide bonds. The number of ether oxygens (including phenoxy) is 1. The van der Waals surface area contributed by atoms with Crippen molar-refractivity contribution < 1.29 is 14.3 Å². The topological polar surface area (TPSA) is 61.9 Å². The van der Waals surface area contributed by atoms with Crippen molar-refractivity contribution in [2.24, 2.45) is 0 Å². The van der Waals surface area contributed by atoms with Gasteiger partial charge >= 0.3 is 0 Å². The minimum Gasteiger partial charge on any atom is -0.484 e. The molecule has 2 aromatic carbocycles. The SMILES string of the molecule is CCC(=O)N1CCN(c2ccccc2NC(=O)COc2ccc([C@H](C)CC)cc2)CC1. The first kappa shape index (κ1) is 22.7. The predicted octanol–water partition coefficient (Wildman–Crippen LogP) is 4.28. The van der Waals surface area contributed by atoms with Gasteiger partial charge in [-0.15, -0.1) is 0 Å². The average molecular weight is 424 g/mol. The fraction of sp³-hybridized carbons (Fsp3) is 0.440. The number of carbonyl (C=O) groups excluding carboxylic acids is 2. The number of nitrogens with zero attached hydrogens (tertiary/aromatic N) is 2. The third kappa shape index (κ3) is 6.00. The highest BCUT2D eigenvalue weighted by molar-refractivity contribution is 5.95. The summed E-state index contributed by atoms with van der Waals surface area (Å²) in [7, 11) is 0. The van der Waals surface area contributed by atoms with Gasteiger partial charge in [-0.25, -0.2) is 0 Å². The Hall–Kier alpha value is -3.02. The van der Waals surface area contributed by atoms with Crippen molar-refractivity contribution in [3.8, 4) is 5.75 Å². The zero-order valence-corrected chi connectivity index (χ0v) is 18.8. The standard InChI is InChI=1S/C25H33N3O3/c1-4-19(3)20-10-12-21(13-11-20)31-18-24(29)26-22-8-6-7-9-23(22)27-14-16-28(17-15-27)25(30)5-2/h6-13,19H,4-5,14-18H2,1-3H3,(H,26,29)/t19-/m1/s1. The molecule has 1 N–H and O–H groups in total. The molecule has 3 rings (SSSR count). The third-order valence-electron chi connectivity index (χ3n) is 5.89. The minimum absolute atomic E-state index is 0.0458. The number of para-hydroxylation sites is 2. The van der Waals surface area contributed by atoms with Gasteiger partial charge in [-0.3, -0.25) is 9.59 Å². The summed E-state index contributed by atoms with van der Waals surface area (Å²) in [6, 6.07) is 15.7. The van der Waals surface area contributed by atoms with Crippen LogP contribution in [0.4, 0.5) is 11.4 Å². The fourth-order valence-corrected chi connectivity index (χ4v) is 3.74. The fourth-order valence-electron chi connectivity index (χ4n) is 3.74. The summed E-state index contributed by atoms with van der Waals surface area (Å²) in [5.74, 6) is 1.19. The lowest BCUT2D eigenvalue weighted by molar-refractivity contribution is -0.131. The van der Waals surface area contributed by atoms with Crippen LogP contribution in [0.3, 0.4) is 0 Å². The summed E-state index contributed by atoms with van der Waals surface area (Å²) in [5.41, 5.74) is 3.00. The number of nitrogens with one attached hydrogen (secondary N) is 1. The number of hydrogen-bond acceptors (Lipinski definition) is 4. The molecule has 0 aliphatic carbocycles. The smallest absolute Gasteiger partial charge is 0.262 e. The van der Waals surface area contributed by atoms with E-state index in [-0.39, 0.29) is 18.4 Å². The lowest BCUT2D eigenvalue weighted by Gasteiger charge is -2.36. The molecule has 1 saturated heterocycles. The van der Waals surface area contributed by atoms with Crippen molar-refractivity contribution in [1.82, 2.24) is 4.90 Å². The van der Waals surface area contributed by atoms with Crippen molar-refractivity contribution in [1.29, 1.82) is 0 Å². The average Bonchev–Trinajstić information content (AvgIpc) is 2.82. The summed E-state index contributed by atoms with van der Waals surface area (Å²) in [4.78, 5) is 28.5. The van der Waals surface area contributed by atoms with Crippen LogP contribution < -0.4 is 15.0 Å². The number of amides is 2. The van der Waals surface area contributed by atoms with E-state index >= 15 is 0 Å². The second-order valence-corrected chi connectivity index (χ2v) is 7.95. The molecule has 0 unspecified atom stereocenters. The first-order valence-corrected chi connectivity index (χ1v) is 11.2. The van der Waals surface area contributed by atoms with Crippen LogP contribution in [0.5, 0.6) is 5.75 Å². The van der Waals surface area contributed by atoms with Crippen LogP contribution in [-0.4, -0.2) is 49.5 Å². The number of benzene rings is 2. The van der Waals surface area contributed by atoms with Crippen molar-refractivity contribution in [2.45, 2.75) is 39.5 Å². The molecule has 166 valence electrons. The normalized spacial score (nSPS) is 14.8. The number of anilines is 2. The van der Waals surface area contributed by atoms with Gasteiger partial charge in [-0.2, -0.15) is 0 Å². The lowest BCUT2D eigenvalue weighted by Crippen LogP contribution is -2.48. The minimum atomic E-state index is -0.196. The quantitative estimate of drug-likeness (QED) is 0.689. The van der Waals surface area contributed by atoms with Crippen LogP contribution in [-0.2, 0) is 9.59 Å². The second kappa shape index (κ2) is 10.8. The number of rotatable bonds is 8. The molecule has 0 saturated carbocycles. The van der Waals surface area contributed by atoms with Crippen molar-refractivity contribution >= 4 is 23.2 Å². The van der Waals surface area contributed by atoms with E-state index in [1.165, 1.54) is 5.56 Å². The molecule has 0 bridgehead atoms. The van der Waals surface area contributed by atoms with Gasteiger partial charge in [-0.05, 0) is 42.2 Å². The Morgan fingerprint density at radius 2 is 1.68 bits per heavy atom. The molecule has 1 fully saturated rings. The monoisotopic (exact) mass is 423 g/mol. The van der Waals surface area contributed by atoms with Crippen molar-refractivity contribution in [3.05, 3.63) is 54.1 Å². The van der Waals surface area contributed by atoms with E-state index in [1.54, 1.807) is 0 Å². The van der Waals surface area contributed by atoms with E-state index in [0.29, 0.717) is 31.2 Å². The molecule has 6 nitrogen and oxygen atoms in total. The third-order valence-corrected chi connectivity index (χ3v) is 5.89. The molecule has 31 heavy (non-hydrogen) atoms. The van der Waals surface area contributed by atoms with Crippen molar-refractivity contribution in [2.75, 3.05) is 43.0 Å². The molecule has 6 heteroatoms. The number of piperazine rings is 1. The Morgan fingerprint density at radius 3 is 2.32 bits per heavy atom. The zero-order chi connectivity index (χ0) is 22.2. The van der Waals surface area contributed by atoms with Gasteiger partial charge in [0.1, 0.15) is 5.75 Å². The van der Waals surface area contributed by atoms with E-state index in [1.807, 2.05) is 48.2 Å². The van der Waals surface area contributed by atoms with E-state index in [9.17, 15) is 9.59 Å². The molecule has 0 spiro atoms. The largest absolute Gasteiger partial charge is 0.484 e. The number of hydrogen-bond donors (Lipinski definition) is 1. The van der Waals surface area contributed by atoms with Gasteiger partial charge in [0, 0.05) is 32.6 Å². The van der Waals surface area contributed by atoms with Crippen LogP contribution >= 0.6 is 0 Å². The van der Waals surface area contributed by atoms with E-state index in [0.717, 1.165) is 30.9 Å². The Morgan fingerprint density at radius 1 is 1.00 bits per heavy atom. The molecular formula is C25H33N3O3. The van der Waals surface area contributed by atoms with E-state index < -0.39 is 0 Å². The maximum absolute atomic E-state index is 12.5. The lowest BCUT2D eigenvalue weighted by atomic mass is 9.99. The van der Waals surface area contributed by atoms with Crippen LogP contribution in [0.2, 0.25) is 0 Å². The van der Waals surface area contributed by atoms with Crippen LogP contribution in [0.1, 0.15) is 45.1 Å². The molecular weight excluding hydrogens is 390 g/mol. The molecule has 1 aliphatic heterocycles. The van der Waals surface area contributed by atoms with E-state index in [4.69, 9.17) is 4.74 Å². The van der Waals surface area contributed by atoms with Crippen LogP contribution in [0.25, 0.3) is 0 Å². The molecule has 1 atom stereocenters. The first-order valence-electron chi connectivity index (χ1n) is 11.2. The highest BCUT2D eigenvalue weighted by Gasteiger charge is 2.22. The summed E-state index contributed by atoms with van der Waals surface area (Å²) in [6.07, 6.45) is 1.62. The van der Waals surface area contributed by atoms with Gasteiger partial charge in [0.2, 0.25) is 5.91 Å². The first-order chi connectivity index (χ1) is 15.0. The molecule has 0 radical (unpaired) electrons. The van der Waals surface area contributed by atoms with Gasteiger partial charge in [-0.1, -0.05) is 45.0 Å². The van der Waals surface area contributed by atoms with Gasteiger partial charge in [0.05, 0.1) is 11.4 Å². The summed E-state index contributed by atoms with van der Waals surface area (Å²) in [5, 5.41) is 2.98. The Balaban J connectivity index is 1.56. The summed E-state index contributed by atoms with van der Waals surface area (Å²) >= 11 is 0. The van der Waals surface area contributed by atoms with Gasteiger partial charge < -0.3 is 19.9 Å². The summed E-state index contributed by atoms with van der Waals surface area (Å²) < 4.78 is 5.68. The second-order valence-electron chi connectivity index (χ2n) is 7.95. The number of carbonyl (C=O) groups is 2.